The van der Waals surface area contributed by atoms with Crippen molar-refractivity contribution in [2.24, 2.45) is 0 Å². The number of rotatable bonds is 2. The third kappa shape index (κ3) is 2.77. The molecule has 0 aliphatic carbocycles. The van der Waals surface area contributed by atoms with Crippen LogP contribution < -0.4 is 5.32 Å². The van der Waals surface area contributed by atoms with Gasteiger partial charge in [-0.3, -0.25) is 4.79 Å². The maximum Gasteiger partial charge on any atom is 0.259 e. The standard InChI is InChI=1S/C10H5BrCl2N4O/c11-7-5(2-1-3-14-7)10(18)17-9-6(12)8(13)15-4-16-9/h1-4H,(H,15,16,17,18). The summed E-state index contributed by atoms with van der Waals surface area (Å²) < 4.78 is 0.429. The normalized spacial score (nSPS) is 10.2. The Bertz CT molecular complexity index is 608. The molecule has 0 fully saturated rings. The molecule has 0 unspecified atom stereocenters. The summed E-state index contributed by atoms with van der Waals surface area (Å²) in [5, 5.41) is 2.70. The van der Waals surface area contributed by atoms with Crippen molar-refractivity contribution in [1.29, 1.82) is 0 Å². The molecule has 0 spiro atoms. The van der Waals surface area contributed by atoms with E-state index in [1.807, 2.05) is 0 Å². The summed E-state index contributed by atoms with van der Waals surface area (Å²) in [6.45, 7) is 0. The summed E-state index contributed by atoms with van der Waals surface area (Å²) >= 11 is 14.8. The van der Waals surface area contributed by atoms with E-state index in [9.17, 15) is 4.79 Å². The lowest BCUT2D eigenvalue weighted by Crippen LogP contribution is -2.14. The number of aromatic nitrogens is 3. The molecule has 0 aromatic carbocycles. The van der Waals surface area contributed by atoms with Crippen LogP contribution in [0.1, 0.15) is 10.4 Å². The number of nitrogens with one attached hydrogen (secondary N) is 1. The van der Waals surface area contributed by atoms with Crippen molar-refractivity contribution in [3.8, 4) is 0 Å². The zero-order valence-electron chi connectivity index (χ0n) is 8.69. The van der Waals surface area contributed by atoms with E-state index in [2.05, 4.69) is 36.2 Å². The van der Waals surface area contributed by atoms with Crippen LogP contribution in [0.15, 0.2) is 29.3 Å². The van der Waals surface area contributed by atoms with Crippen LogP contribution in [0.25, 0.3) is 0 Å². The predicted octanol–water partition coefficient (Wildman–Crippen LogP) is 3.19. The van der Waals surface area contributed by atoms with Gasteiger partial charge in [0.1, 0.15) is 16.0 Å². The lowest BCUT2D eigenvalue weighted by molar-refractivity contribution is 0.102. The molecular formula is C10H5BrCl2N4O. The van der Waals surface area contributed by atoms with Gasteiger partial charge in [-0.25, -0.2) is 15.0 Å². The van der Waals surface area contributed by atoms with Crippen molar-refractivity contribution >= 4 is 50.9 Å². The van der Waals surface area contributed by atoms with Crippen LogP contribution in [-0.2, 0) is 0 Å². The fourth-order valence-corrected chi connectivity index (χ4v) is 1.87. The van der Waals surface area contributed by atoms with Gasteiger partial charge >= 0.3 is 0 Å². The minimum absolute atomic E-state index is 0.0761. The first kappa shape index (κ1) is 13.2. The van der Waals surface area contributed by atoms with Crippen molar-refractivity contribution in [3.63, 3.8) is 0 Å². The number of anilines is 1. The minimum Gasteiger partial charge on any atom is -0.305 e. The van der Waals surface area contributed by atoms with Gasteiger partial charge in [0.2, 0.25) is 0 Å². The number of pyridine rings is 1. The van der Waals surface area contributed by atoms with E-state index in [0.29, 0.717) is 10.2 Å². The maximum absolute atomic E-state index is 12.0. The van der Waals surface area contributed by atoms with Crippen LogP contribution in [0.4, 0.5) is 5.82 Å². The van der Waals surface area contributed by atoms with Gasteiger partial charge in [-0.1, -0.05) is 23.2 Å². The third-order valence-electron chi connectivity index (χ3n) is 1.98. The number of hydrogen-bond acceptors (Lipinski definition) is 4. The second kappa shape index (κ2) is 5.60. The second-order valence-electron chi connectivity index (χ2n) is 3.12. The molecule has 2 aromatic heterocycles. The van der Waals surface area contributed by atoms with Crippen LogP contribution in [0.3, 0.4) is 0 Å². The number of halogens is 3. The fourth-order valence-electron chi connectivity index (χ4n) is 1.17. The van der Waals surface area contributed by atoms with Crippen molar-refractivity contribution in [2.75, 3.05) is 5.32 Å². The van der Waals surface area contributed by atoms with Gasteiger partial charge in [-0.2, -0.15) is 0 Å². The summed E-state index contributed by atoms with van der Waals surface area (Å²) in [7, 11) is 0. The van der Waals surface area contributed by atoms with Gasteiger partial charge in [0, 0.05) is 6.20 Å². The third-order valence-corrected chi connectivity index (χ3v) is 3.36. The predicted molar refractivity (Wildman–Crippen MR) is 71.9 cm³/mol. The number of nitrogens with zero attached hydrogens (tertiary/aromatic N) is 3. The summed E-state index contributed by atoms with van der Waals surface area (Å²) in [5.74, 6) is -0.246. The number of carbonyl (C=O) groups excluding carboxylic acids is 1. The minimum atomic E-state index is -0.397. The van der Waals surface area contributed by atoms with E-state index in [-0.39, 0.29) is 16.0 Å². The van der Waals surface area contributed by atoms with Crippen molar-refractivity contribution in [3.05, 3.63) is 45.0 Å². The zero-order valence-corrected chi connectivity index (χ0v) is 11.8. The van der Waals surface area contributed by atoms with E-state index in [1.165, 1.54) is 6.33 Å². The fraction of sp³-hybridized carbons (Fsp3) is 0. The van der Waals surface area contributed by atoms with Crippen molar-refractivity contribution in [2.45, 2.75) is 0 Å². The molecule has 1 amide bonds. The van der Waals surface area contributed by atoms with Crippen LogP contribution in [0.5, 0.6) is 0 Å². The molecule has 0 atom stereocenters. The SMILES string of the molecule is O=C(Nc1ncnc(Cl)c1Cl)c1cccnc1Br. The summed E-state index contributed by atoms with van der Waals surface area (Å²) in [6.07, 6.45) is 2.78. The molecule has 2 rings (SSSR count). The Morgan fingerprint density at radius 3 is 2.78 bits per heavy atom. The van der Waals surface area contributed by atoms with Gasteiger partial charge < -0.3 is 5.32 Å². The van der Waals surface area contributed by atoms with Crippen LogP contribution in [-0.4, -0.2) is 20.9 Å². The zero-order chi connectivity index (χ0) is 13.1. The molecule has 0 saturated carbocycles. The first-order chi connectivity index (χ1) is 8.59. The highest BCUT2D eigenvalue weighted by Gasteiger charge is 2.14. The Morgan fingerprint density at radius 2 is 2.06 bits per heavy atom. The molecule has 5 nitrogen and oxygen atoms in total. The maximum atomic E-state index is 12.0. The molecule has 2 heterocycles. The Hall–Kier alpha value is -1.24. The molecule has 92 valence electrons. The summed E-state index contributed by atoms with van der Waals surface area (Å²) in [4.78, 5) is 23.4. The molecule has 2 aromatic rings. The summed E-state index contributed by atoms with van der Waals surface area (Å²) in [5.41, 5.74) is 0.364. The molecule has 0 aliphatic heterocycles. The van der Waals surface area contributed by atoms with Crippen LogP contribution in [0, 0.1) is 0 Å². The lowest BCUT2D eigenvalue weighted by atomic mass is 10.3. The molecule has 0 aliphatic rings. The monoisotopic (exact) mass is 346 g/mol. The second-order valence-corrected chi connectivity index (χ2v) is 4.61. The Morgan fingerprint density at radius 1 is 1.28 bits per heavy atom. The number of amides is 1. The molecular weight excluding hydrogens is 343 g/mol. The van der Waals surface area contributed by atoms with Crippen LogP contribution in [0.2, 0.25) is 10.2 Å². The van der Waals surface area contributed by atoms with Crippen molar-refractivity contribution < 1.29 is 4.79 Å². The van der Waals surface area contributed by atoms with E-state index < -0.39 is 5.91 Å². The van der Waals surface area contributed by atoms with Crippen LogP contribution >= 0.6 is 39.1 Å². The summed E-state index contributed by atoms with van der Waals surface area (Å²) in [6, 6.07) is 3.26. The smallest absolute Gasteiger partial charge is 0.259 e. The Balaban J connectivity index is 2.27. The van der Waals surface area contributed by atoms with Crippen molar-refractivity contribution in [1.82, 2.24) is 15.0 Å². The van der Waals surface area contributed by atoms with E-state index >= 15 is 0 Å². The average molecular weight is 348 g/mol. The first-order valence-corrected chi connectivity index (χ1v) is 6.22. The van der Waals surface area contributed by atoms with Gasteiger partial charge in [0.15, 0.2) is 11.0 Å². The molecule has 8 heteroatoms. The Labute approximate surface area is 121 Å². The average Bonchev–Trinajstić information content (AvgIpc) is 2.35. The highest BCUT2D eigenvalue weighted by molar-refractivity contribution is 9.10. The van der Waals surface area contributed by atoms with Gasteiger partial charge in [0.25, 0.3) is 5.91 Å². The lowest BCUT2D eigenvalue weighted by Gasteiger charge is -2.07. The number of carbonyl (C=O) groups is 1. The van der Waals surface area contributed by atoms with Gasteiger partial charge in [0.05, 0.1) is 5.56 Å². The molecule has 0 bridgehead atoms. The van der Waals surface area contributed by atoms with Gasteiger partial charge in [-0.05, 0) is 28.1 Å². The van der Waals surface area contributed by atoms with Gasteiger partial charge in [-0.15, -0.1) is 0 Å². The number of hydrogen-bond donors (Lipinski definition) is 1. The topological polar surface area (TPSA) is 67.8 Å². The molecule has 1 N–H and O–H groups in total. The highest BCUT2D eigenvalue weighted by Crippen LogP contribution is 2.26. The van der Waals surface area contributed by atoms with E-state index in [0.717, 1.165) is 0 Å². The molecule has 0 radical (unpaired) electrons. The van der Waals surface area contributed by atoms with E-state index in [4.69, 9.17) is 23.2 Å². The quantitative estimate of drug-likeness (QED) is 0.669. The largest absolute Gasteiger partial charge is 0.305 e. The van der Waals surface area contributed by atoms with E-state index in [1.54, 1.807) is 18.3 Å². The first-order valence-electron chi connectivity index (χ1n) is 4.67. The Kier molecular flexibility index (Phi) is 4.11. The molecule has 18 heavy (non-hydrogen) atoms. The highest BCUT2D eigenvalue weighted by atomic mass is 79.9. The molecule has 0 saturated heterocycles.